The minimum Gasteiger partial charge on any atom is -0.357 e. The second-order valence-electron chi connectivity index (χ2n) is 13.9. The van der Waals surface area contributed by atoms with Crippen LogP contribution in [0.1, 0.15) is 57.1 Å². The molecule has 8 nitrogen and oxygen atoms in total. The zero-order valence-corrected chi connectivity index (χ0v) is 27.4. The van der Waals surface area contributed by atoms with Gasteiger partial charge in [0.05, 0.1) is 22.4 Å². The summed E-state index contributed by atoms with van der Waals surface area (Å²) in [5.41, 5.74) is 0.256. The fourth-order valence-corrected chi connectivity index (χ4v) is 7.62. The Hall–Kier alpha value is -4.38. The van der Waals surface area contributed by atoms with E-state index >= 15 is 8.78 Å². The Labute approximate surface area is 274 Å². The molecule has 3 aliphatic heterocycles. The van der Waals surface area contributed by atoms with Gasteiger partial charge in [0.1, 0.15) is 22.8 Å². The predicted octanol–water partition coefficient (Wildman–Crippen LogP) is 5.77. The van der Waals surface area contributed by atoms with E-state index in [1.807, 2.05) is 13.1 Å². The molecule has 4 aromatic rings. The Bertz CT molecular complexity index is 1940. The molecule has 3 atom stereocenters. The van der Waals surface area contributed by atoms with Crippen molar-refractivity contribution >= 4 is 33.4 Å². The largest absolute Gasteiger partial charge is 0.357 e. The van der Waals surface area contributed by atoms with Gasteiger partial charge in [0.2, 0.25) is 5.95 Å². The number of piperidine rings is 1. The zero-order valence-electron chi connectivity index (χ0n) is 27.4. The smallest absolute Gasteiger partial charge is 0.228 e. The van der Waals surface area contributed by atoms with Crippen molar-refractivity contribution in [1.29, 1.82) is 5.26 Å². The van der Waals surface area contributed by atoms with Gasteiger partial charge in [-0.15, -0.1) is 6.42 Å². The molecule has 2 unspecified atom stereocenters. The van der Waals surface area contributed by atoms with Gasteiger partial charge in [-0.2, -0.15) is 10.2 Å². The van der Waals surface area contributed by atoms with Crippen LogP contribution in [0.25, 0.3) is 32.9 Å². The summed E-state index contributed by atoms with van der Waals surface area (Å²) in [5.74, 6) is 2.38. The van der Waals surface area contributed by atoms with Gasteiger partial charge in [0, 0.05) is 62.0 Å². The quantitative estimate of drug-likeness (QED) is 0.268. The number of hydrogen-bond donors (Lipinski definition) is 1. The number of nitrogens with one attached hydrogen (secondary N) is 1. The van der Waals surface area contributed by atoms with E-state index in [0.717, 1.165) is 45.3 Å². The van der Waals surface area contributed by atoms with Crippen molar-refractivity contribution in [2.45, 2.75) is 69.5 Å². The van der Waals surface area contributed by atoms with Crippen LogP contribution in [0.2, 0.25) is 0 Å². The third-order valence-electron chi connectivity index (χ3n) is 10.5. The molecule has 3 saturated heterocycles. The van der Waals surface area contributed by atoms with Crippen molar-refractivity contribution in [1.82, 2.24) is 25.2 Å². The van der Waals surface area contributed by atoms with Crippen LogP contribution in [-0.2, 0) is 5.41 Å². The van der Waals surface area contributed by atoms with Crippen LogP contribution in [0.4, 0.5) is 20.5 Å². The Morgan fingerprint density at radius 1 is 1.11 bits per heavy atom. The van der Waals surface area contributed by atoms with Crippen LogP contribution in [0.3, 0.4) is 0 Å². The number of nitrogens with zero attached hydrogens (tertiary/aromatic N) is 7. The topological polar surface area (TPSA) is 84.2 Å². The molecule has 242 valence electrons. The van der Waals surface area contributed by atoms with E-state index in [2.05, 4.69) is 44.0 Å². The Morgan fingerprint density at radius 2 is 1.87 bits per heavy atom. The minimum absolute atomic E-state index is 0.00540. The van der Waals surface area contributed by atoms with E-state index in [1.165, 1.54) is 12.5 Å². The van der Waals surface area contributed by atoms with Crippen LogP contribution < -0.4 is 15.1 Å². The van der Waals surface area contributed by atoms with E-state index in [0.29, 0.717) is 63.7 Å². The summed E-state index contributed by atoms with van der Waals surface area (Å²) in [7, 11) is 4.17. The average Bonchev–Trinajstić information content (AvgIpc) is 3.26. The molecule has 0 amide bonds. The summed E-state index contributed by atoms with van der Waals surface area (Å²) in [6.45, 7) is 6.81. The lowest BCUT2D eigenvalue weighted by molar-refractivity contribution is 0.211. The molecule has 5 heterocycles. The standard InChI is InChI=1S/C37H40F2N8/c1-6-27-30(38)13-10-22-15-23(37(2,3)21-40)16-28(31(22)27)33-32(39)34-29(17-42-33)35(45(4)18-24-9-7-8-14-41-24)44-36(43-34)47-19-25-11-12-26(20-47)46(25)5/h1,10,13,15-17,24-26,41H,7-9,11-12,14,18-20H2,2-5H3/t24-,25?,26?/m1/s1. The summed E-state index contributed by atoms with van der Waals surface area (Å²) in [6, 6.07) is 9.87. The van der Waals surface area contributed by atoms with Crippen molar-refractivity contribution < 1.29 is 8.78 Å². The maximum atomic E-state index is 17.2. The van der Waals surface area contributed by atoms with Gasteiger partial charge < -0.3 is 15.1 Å². The lowest BCUT2D eigenvalue weighted by Crippen LogP contribution is -2.52. The van der Waals surface area contributed by atoms with E-state index in [1.54, 1.807) is 32.2 Å². The molecule has 0 aliphatic carbocycles. The molecule has 7 rings (SSSR count). The monoisotopic (exact) mass is 634 g/mol. The number of anilines is 2. The highest BCUT2D eigenvalue weighted by atomic mass is 19.1. The zero-order chi connectivity index (χ0) is 33.0. The summed E-state index contributed by atoms with van der Waals surface area (Å²) in [4.78, 5) is 21.3. The number of aromatic nitrogens is 3. The lowest BCUT2D eigenvalue weighted by Gasteiger charge is -2.39. The molecule has 2 aromatic heterocycles. The van der Waals surface area contributed by atoms with Crippen molar-refractivity contribution in [3.05, 3.63) is 53.2 Å². The summed E-state index contributed by atoms with van der Waals surface area (Å²) >= 11 is 0. The van der Waals surface area contributed by atoms with Crippen LogP contribution in [-0.4, -0.2) is 78.3 Å². The number of fused-ring (bicyclic) bond motifs is 4. The molecule has 2 bridgehead atoms. The van der Waals surface area contributed by atoms with Gasteiger partial charge in [-0.3, -0.25) is 9.88 Å². The summed E-state index contributed by atoms with van der Waals surface area (Å²) in [6.07, 6.45) is 13.1. The summed E-state index contributed by atoms with van der Waals surface area (Å²) in [5, 5.41) is 15.1. The molecular weight excluding hydrogens is 594 g/mol. The van der Waals surface area contributed by atoms with Gasteiger partial charge >= 0.3 is 0 Å². The number of rotatable bonds is 6. The van der Waals surface area contributed by atoms with Crippen molar-refractivity contribution in [3.63, 3.8) is 0 Å². The number of halogens is 2. The third-order valence-corrected chi connectivity index (χ3v) is 10.5. The van der Waals surface area contributed by atoms with Gasteiger partial charge in [0.15, 0.2) is 5.82 Å². The second kappa shape index (κ2) is 12.0. The molecule has 47 heavy (non-hydrogen) atoms. The number of benzene rings is 2. The fourth-order valence-electron chi connectivity index (χ4n) is 7.62. The molecule has 1 N–H and O–H groups in total. The van der Waals surface area contributed by atoms with Crippen molar-refractivity contribution in [3.8, 4) is 29.7 Å². The first-order valence-electron chi connectivity index (χ1n) is 16.5. The van der Waals surface area contributed by atoms with E-state index < -0.39 is 17.0 Å². The predicted molar refractivity (Wildman–Crippen MR) is 182 cm³/mol. The first kappa shape index (κ1) is 31.2. The Kier molecular flexibility index (Phi) is 7.98. The SMILES string of the molecule is C#Cc1c(F)ccc2cc(C(C)(C)C#N)cc(-c3ncc4c(N(C)C[C@H]5CCCCN5)nc(N5CC6CCC(C5)N6C)nc4c3F)c12. The number of pyridine rings is 1. The van der Waals surface area contributed by atoms with Crippen LogP contribution >= 0.6 is 0 Å². The number of terminal acetylenes is 1. The van der Waals surface area contributed by atoms with Crippen molar-refractivity contribution in [2.75, 3.05) is 50.1 Å². The molecule has 0 saturated carbocycles. The molecule has 3 fully saturated rings. The van der Waals surface area contributed by atoms with E-state index in [-0.39, 0.29) is 16.8 Å². The van der Waals surface area contributed by atoms with E-state index in [9.17, 15) is 5.26 Å². The third kappa shape index (κ3) is 5.44. The Balaban J connectivity index is 1.44. The summed E-state index contributed by atoms with van der Waals surface area (Å²) < 4.78 is 32.3. The van der Waals surface area contributed by atoms with Gasteiger partial charge in [0.25, 0.3) is 0 Å². The maximum absolute atomic E-state index is 17.2. The van der Waals surface area contributed by atoms with Crippen molar-refractivity contribution in [2.24, 2.45) is 0 Å². The first-order valence-corrected chi connectivity index (χ1v) is 16.5. The highest BCUT2D eigenvalue weighted by molar-refractivity contribution is 6.03. The highest BCUT2D eigenvalue weighted by Crippen LogP contribution is 2.40. The number of nitriles is 1. The van der Waals surface area contributed by atoms with Crippen LogP contribution in [0.15, 0.2) is 30.5 Å². The average molecular weight is 635 g/mol. The van der Waals surface area contributed by atoms with Gasteiger partial charge in [-0.25, -0.2) is 13.8 Å². The first-order chi connectivity index (χ1) is 22.6. The molecular formula is C37H40F2N8. The molecule has 0 spiro atoms. The molecule has 10 heteroatoms. The maximum Gasteiger partial charge on any atom is 0.228 e. The van der Waals surface area contributed by atoms with Crippen LogP contribution in [0.5, 0.6) is 0 Å². The molecule has 0 radical (unpaired) electrons. The second-order valence-corrected chi connectivity index (χ2v) is 13.9. The number of piperazine rings is 1. The van der Waals surface area contributed by atoms with Crippen LogP contribution in [0, 0.1) is 35.3 Å². The van der Waals surface area contributed by atoms with E-state index in [4.69, 9.17) is 16.4 Å². The number of hydrogen-bond acceptors (Lipinski definition) is 8. The molecule has 3 aliphatic rings. The molecule has 2 aromatic carbocycles. The van der Waals surface area contributed by atoms with Gasteiger partial charge in [-0.05, 0) is 82.3 Å². The fraction of sp³-hybridized carbons (Fsp3) is 0.459. The Morgan fingerprint density at radius 3 is 2.55 bits per heavy atom. The lowest BCUT2D eigenvalue weighted by atomic mass is 9.82. The normalized spacial score (nSPS) is 21.6. The minimum atomic E-state index is -0.903. The highest BCUT2D eigenvalue weighted by Gasteiger charge is 2.39. The van der Waals surface area contributed by atoms with Gasteiger partial charge in [-0.1, -0.05) is 18.4 Å². The number of likely N-dealkylation sites (N-methyl/N-ethyl adjacent to an activating group) is 2.